The van der Waals surface area contributed by atoms with Gasteiger partial charge in [0.05, 0.1) is 11.6 Å². The fraction of sp³-hybridized carbons (Fsp3) is 0.263. The maximum atomic E-state index is 12.4. The van der Waals surface area contributed by atoms with E-state index in [1.165, 1.54) is 0 Å². The summed E-state index contributed by atoms with van der Waals surface area (Å²) in [5.74, 6) is 0. The van der Waals surface area contributed by atoms with Crippen molar-refractivity contribution in [1.29, 1.82) is 5.26 Å². The molecule has 128 valence electrons. The number of hydrogen-bond acceptors (Lipinski definition) is 3. The van der Waals surface area contributed by atoms with Crippen LogP contribution in [0.2, 0.25) is 5.02 Å². The van der Waals surface area contributed by atoms with Crippen LogP contribution in [0.3, 0.4) is 0 Å². The van der Waals surface area contributed by atoms with Gasteiger partial charge in [-0.05, 0) is 55.0 Å². The highest BCUT2D eigenvalue weighted by molar-refractivity contribution is 6.30. The number of anilines is 2. The number of halogens is 1. The van der Waals surface area contributed by atoms with Crippen molar-refractivity contribution >= 4 is 29.0 Å². The number of carbonyl (C=O) groups is 1. The lowest BCUT2D eigenvalue weighted by molar-refractivity contribution is 0.208. The van der Waals surface area contributed by atoms with E-state index in [0.29, 0.717) is 24.3 Å². The van der Waals surface area contributed by atoms with Crippen molar-refractivity contribution in [3.63, 3.8) is 0 Å². The van der Waals surface area contributed by atoms with Crippen molar-refractivity contribution in [2.45, 2.75) is 6.92 Å². The molecule has 0 bridgehead atoms. The summed E-state index contributed by atoms with van der Waals surface area (Å²) < 4.78 is 0. The molecule has 0 radical (unpaired) electrons. The number of rotatable bonds is 2. The quantitative estimate of drug-likeness (QED) is 0.890. The number of carbonyl (C=O) groups excluding carboxylic acids is 1. The molecule has 25 heavy (non-hydrogen) atoms. The summed E-state index contributed by atoms with van der Waals surface area (Å²) >= 11 is 6.02. The Kier molecular flexibility index (Phi) is 5.11. The van der Waals surface area contributed by atoms with E-state index in [9.17, 15) is 4.79 Å². The molecule has 1 aliphatic heterocycles. The third-order valence-electron chi connectivity index (χ3n) is 4.33. The molecule has 0 saturated carbocycles. The molecular formula is C19H19ClN4O. The van der Waals surface area contributed by atoms with Crippen molar-refractivity contribution in [2.24, 2.45) is 0 Å². The summed E-state index contributed by atoms with van der Waals surface area (Å²) in [4.78, 5) is 16.5. The van der Waals surface area contributed by atoms with E-state index < -0.39 is 0 Å². The Morgan fingerprint density at radius 1 is 1.12 bits per heavy atom. The summed E-state index contributed by atoms with van der Waals surface area (Å²) in [6.45, 7) is 4.92. The molecule has 0 unspecified atom stereocenters. The number of piperazine rings is 1. The Hall–Kier alpha value is -2.71. The molecule has 1 fully saturated rings. The lowest BCUT2D eigenvalue weighted by atomic mass is 10.1. The van der Waals surface area contributed by atoms with Crippen LogP contribution in [-0.4, -0.2) is 37.1 Å². The van der Waals surface area contributed by atoms with Crippen LogP contribution in [0.1, 0.15) is 11.1 Å². The highest BCUT2D eigenvalue weighted by atomic mass is 35.5. The lowest BCUT2D eigenvalue weighted by Gasteiger charge is -2.36. The molecule has 3 rings (SSSR count). The fourth-order valence-electron chi connectivity index (χ4n) is 2.95. The molecule has 2 aromatic carbocycles. The third-order valence-corrected chi connectivity index (χ3v) is 4.57. The molecule has 1 heterocycles. The molecule has 1 saturated heterocycles. The van der Waals surface area contributed by atoms with Crippen LogP contribution in [0.15, 0.2) is 42.5 Å². The highest BCUT2D eigenvalue weighted by Gasteiger charge is 2.22. The van der Waals surface area contributed by atoms with Crippen LogP contribution in [0, 0.1) is 18.3 Å². The first-order valence-electron chi connectivity index (χ1n) is 8.14. The number of urea groups is 1. The van der Waals surface area contributed by atoms with Crippen LogP contribution in [0.4, 0.5) is 16.2 Å². The smallest absolute Gasteiger partial charge is 0.321 e. The predicted molar refractivity (Wildman–Crippen MR) is 100 cm³/mol. The van der Waals surface area contributed by atoms with Gasteiger partial charge in [0.15, 0.2) is 0 Å². The van der Waals surface area contributed by atoms with Crippen LogP contribution in [0.5, 0.6) is 0 Å². The van der Waals surface area contributed by atoms with Gasteiger partial charge in [0.25, 0.3) is 0 Å². The summed E-state index contributed by atoms with van der Waals surface area (Å²) in [6, 6.07) is 14.7. The van der Waals surface area contributed by atoms with Crippen LogP contribution >= 0.6 is 11.6 Å². The van der Waals surface area contributed by atoms with E-state index in [1.54, 1.807) is 29.2 Å². The van der Waals surface area contributed by atoms with Gasteiger partial charge in [-0.15, -0.1) is 0 Å². The topological polar surface area (TPSA) is 59.4 Å². The van der Waals surface area contributed by atoms with Crippen molar-refractivity contribution in [1.82, 2.24) is 4.90 Å². The largest absolute Gasteiger partial charge is 0.368 e. The van der Waals surface area contributed by atoms with E-state index in [-0.39, 0.29) is 6.03 Å². The summed E-state index contributed by atoms with van der Waals surface area (Å²) in [5.41, 5.74) is 3.57. The van der Waals surface area contributed by atoms with E-state index in [4.69, 9.17) is 16.9 Å². The maximum Gasteiger partial charge on any atom is 0.321 e. The third kappa shape index (κ3) is 4.04. The SMILES string of the molecule is Cc1cc(Cl)ccc1N1CCN(C(=O)Nc2ccc(C#N)cc2)CC1. The molecule has 0 aliphatic carbocycles. The van der Waals surface area contributed by atoms with Gasteiger partial charge in [-0.25, -0.2) is 4.79 Å². The van der Waals surface area contributed by atoms with E-state index in [0.717, 1.165) is 29.4 Å². The van der Waals surface area contributed by atoms with Gasteiger partial charge >= 0.3 is 6.03 Å². The standard InChI is InChI=1S/C19H19ClN4O/c1-14-12-16(20)4-7-18(14)23-8-10-24(11-9-23)19(25)22-17-5-2-15(13-21)3-6-17/h2-7,12H,8-11H2,1H3,(H,22,25). The molecule has 0 aromatic heterocycles. The van der Waals surface area contributed by atoms with E-state index in [2.05, 4.69) is 16.3 Å². The number of aryl methyl sites for hydroxylation is 1. The van der Waals surface area contributed by atoms with Crippen molar-refractivity contribution in [3.05, 3.63) is 58.6 Å². The minimum absolute atomic E-state index is 0.114. The normalized spacial score (nSPS) is 14.1. The van der Waals surface area contributed by atoms with Gasteiger partial charge in [0, 0.05) is 42.6 Å². The van der Waals surface area contributed by atoms with Gasteiger partial charge in [0.2, 0.25) is 0 Å². The van der Waals surface area contributed by atoms with Gasteiger partial charge in [0.1, 0.15) is 0 Å². The Labute approximate surface area is 152 Å². The average Bonchev–Trinajstić information content (AvgIpc) is 2.62. The number of benzene rings is 2. The predicted octanol–water partition coefficient (Wildman–Crippen LogP) is 3.87. The second-order valence-corrected chi connectivity index (χ2v) is 6.46. The Morgan fingerprint density at radius 3 is 2.40 bits per heavy atom. The van der Waals surface area contributed by atoms with Crippen LogP contribution in [0.25, 0.3) is 0 Å². The van der Waals surface area contributed by atoms with Crippen LogP contribution < -0.4 is 10.2 Å². The minimum Gasteiger partial charge on any atom is -0.368 e. The zero-order valence-corrected chi connectivity index (χ0v) is 14.8. The molecule has 5 nitrogen and oxygen atoms in total. The molecule has 2 aromatic rings. The lowest BCUT2D eigenvalue weighted by Crippen LogP contribution is -2.50. The first-order valence-corrected chi connectivity index (χ1v) is 8.52. The summed E-state index contributed by atoms with van der Waals surface area (Å²) in [7, 11) is 0. The highest BCUT2D eigenvalue weighted by Crippen LogP contribution is 2.24. The summed E-state index contributed by atoms with van der Waals surface area (Å²) in [6.07, 6.45) is 0. The molecule has 0 spiro atoms. The fourth-order valence-corrected chi connectivity index (χ4v) is 3.18. The first kappa shape index (κ1) is 17.1. The van der Waals surface area contributed by atoms with Crippen LogP contribution in [-0.2, 0) is 0 Å². The van der Waals surface area contributed by atoms with E-state index >= 15 is 0 Å². The number of amides is 2. The van der Waals surface area contributed by atoms with Crippen molar-refractivity contribution in [3.8, 4) is 6.07 Å². The maximum absolute atomic E-state index is 12.4. The second-order valence-electron chi connectivity index (χ2n) is 6.02. The van der Waals surface area contributed by atoms with Gasteiger partial charge in [-0.3, -0.25) is 0 Å². The average molecular weight is 355 g/mol. The van der Waals surface area contributed by atoms with Gasteiger partial charge < -0.3 is 15.1 Å². The van der Waals surface area contributed by atoms with Gasteiger partial charge in [-0.2, -0.15) is 5.26 Å². The number of nitrogens with zero attached hydrogens (tertiary/aromatic N) is 3. The Bertz CT molecular complexity index is 805. The van der Waals surface area contributed by atoms with Crippen molar-refractivity contribution in [2.75, 3.05) is 36.4 Å². The Morgan fingerprint density at radius 2 is 1.80 bits per heavy atom. The molecule has 1 aliphatic rings. The first-order chi connectivity index (χ1) is 12.1. The molecular weight excluding hydrogens is 336 g/mol. The summed E-state index contributed by atoms with van der Waals surface area (Å²) in [5, 5.41) is 12.4. The monoisotopic (exact) mass is 354 g/mol. The zero-order chi connectivity index (χ0) is 17.8. The zero-order valence-electron chi connectivity index (χ0n) is 14.0. The van der Waals surface area contributed by atoms with Crippen molar-refractivity contribution < 1.29 is 4.79 Å². The second kappa shape index (κ2) is 7.45. The van der Waals surface area contributed by atoms with E-state index in [1.807, 2.05) is 25.1 Å². The number of nitriles is 1. The molecule has 1 N–H and O–H groups in total. The minimum atomic E-state index is -0.114. The molecule has 2 amide bonds. The molecule has 0 atom stereocenters. The van der Waals surface area contributed by atoms with Gasteiger partial charge in [-0.1, -0.05) is 11.6 Å². The molecule has 6 heteroatoms. The Balaban J connectivity index is 1.57. The number of hydrogen-bond donors (Lipinski definition) is 1. The number of nitrogens with one attached hydrogen (secondary N) is 1.